The lowest BCUT2D eigenvalue weighted by Gasteiger charge is -2.43. The number of piperidine rings is 2. The van der Waals surface area contributed by atoms with Crippen molar-refractivity contribution in [1.29, 1.82) is 0 Å². The normalized spacial score (nSPS) is 21.6. The number of para-hydroxylation sites is 1. The Bertz CT molecular complexity index is 1300. The van der Waals surface area contributed by atoms with Gasteiger partial charge >= 0.3 is 0 Å². The van der Waals surface area contributed by atoms with E-state index in [1.54, 1.807) is 7.05 Å². The molecule has 0 spiro atoms. The van der Waals surface area contributed by atoms with Gasteiger partial charge in [-0.1, -0.05) is 18.2 Å². The molecule has 1 aromatic heterocycles. The van der Waals surface area contributed by atoms with E-state index in [9.17, 15) is 13.2 Å². The predicted octanol–water partition coefficient (Wildman–Crippen LogP) is 3.51. The molecule has 4 heterocycles. The third kappa shape index (κ3) is 7.09. The summed E-state index contributed by atoms with van der Waals surface area (Å²) in [6, 6.07) is 11.1. The Labute approximate surface area is 246 Å². The summed E-state index contributed by atoms with van der Waals surface area (Å²) in [4.78, 5) is 29.9. The van der Waals surface area contributed by atoms with Gasteiger partial charge in [-0.05, 0) is 89.9 Å². The zero-order valence-electron chi connectivity index (χ0n) is 25.1. The summed E-state index contributed by atoms with van der Waals surface area (Å²) in [5.41, 5.74) is 3.80. The molecule has 0 bridgehead atoms. The maximum Gasteiger partial charge on any atom is 0.272 e. The van der Waals surface area contributed by atoms with E-state index in [2.05, 4.69) is 45.1 Å². The predicted molar refractivity (Wildman–Crippen MR) is 163 cm³/mol. The van der Waals surface area contributed by atoms with Crippen molar-refractivity contribution in [3.63, 3.8) is 0 Å². The van der Waals surface area contributed by atoms with Crippen molar-refractivity contribution >= 4 is 21.6 Å². The molecule has 41 heavy (non-hydrogen) atoms. The van der Waals surface area contributed by atoms with Crippen molar-refractivity contribution in [2.24, 2.45) is 5.92 Å². The number of anilines is 1. The second-order valence-corrected chi connectivity index (χ2v) is 14.3. The average Bonchev–Trinajstić information content (AvgIpc) is 3.46. The number of aromatic nitrogens is 2. The van der Waals surface area contributed by atoms with Gasteiger partial charge in [-0.3, -0.25) is 4.79 Å². The van der Waals surface area contributed by atoms with Gasteiger partial charge in [0.05, 0.1) is 6.26 Å². The molecular weight excluding hydrogens is 536 g/mol. The topological polar surface area (TPSA) is 90.0 Å². The number of carbonyl (C=O) groups is 1. The number of rotatable bonds is 8. The highest BCUT2D eigenvalue weighted by Crippen LogP contribution is 2.28. The van der Waals surface area contributed by atoms with E-state index in [4.69, 9.17) is 4.98 Å². The van der Waals surface area contributed by atoms with Gasteiger partial charge < -0.3 is 14.7 Å². The fourth-order valence-corrected chi connectivity index (χ4v) is 7.64. The van der Waals surface area contributed by atoms with Gasteiger partial charge in [-0.25, -0.2) is 22.7 Å². The quantitative estimate of drug-likeness (QED) is 0.471. The maximum atomic E-state index is 13.6. The molecule has 3 saturated heterocycles. The van der Waals surface area contributed by atoms with Crippen LogP contribution in [0.25, 0.3) is 0 Å². The summed E-state index contributed by atoms with van der Waals surface area (Å²) in [6.45, 7) is 9.32. The molecule has 1 atom stereocenters. The molecule has 1 unspecified atom stereocenters. The van der Waals surface area contributed by atoms with E-state index < -0.39 is 10.0 Å². The summed E-state index contributed by atoms with van der Waals surface area (Å²) in [7, 11) is -1.47. The SMILES string of the molecule is Cc1nc(CCC2CCN(c3ccccc3)C2)c(C)c(C(=O)N2CCC(N3CCC(N(C)S(C)(=O)=O)CC3)CC2)n1. The molecule has 0 aliphatic carbocycles. The molecule has 224 valence electrons. The van der Waals surface area contributed by atoms with Crippen LogP contribution in [-0.4, -0.2) is 103 Å². The molecule has 0 radical (unpaired) electrons. The standard InChI is InChI=1S/C31H46N6O3S/c1-23-29(11-10-25-12-17-37(22-25)27-8-6-5-7-9-27)32-24(2)33-30(23)31(38)36-20-15-28(16-21-36)35-18-13-26(14-19-35)34(3)41(4,39)40/h5-9,25-26,28H,10-22H2,1-4H3. The van der Waals surface area contributed by atoms with Crippen LogP contribution in [0, 0.1) is 19.8 Å². The number of sulfonamides is 1. The third-order valence-electron chi connectivity index (χ3n) is 9.56. The van der Waals surface area contributed by atoms with Crippen LogP contribution in [0.5, 0.6) is 0 Å². The number of carbonyl (C=O) groups excluding carboxylic acids is 1. The molecule has 2 aromatic rings. The lowest BCUT2D eigenvalue weighted by atomic mass is 9.97. The minimum atomic E-state index is -3.16. The van der Waals surface area contributed by atoms with Gasteiger partial charge in [-0.15, -0.1) is 0 Å². The minimum absolute atomic E-state index is 0.0253. The Hall–Kier alpha value is -2.56. The molecule has 3 fully saturated rings. The van der Waals surface area contributed by atoms with Crippen molar-refractivity contribution in [3.05, 3.63) is 53.1 Å². The molecule has 0 saturated carbocycles. The Balaban J connectivity index is 1.13. The first-order valence-corrected chi connectivity index (χ1v) is 17.1. The van der Waals surface area contributed by atoms with Crippen molar-refractivity contribution in [2.75, 3.05) is 57.5 Å². The zero-order valence-corrected chi connectivity index (χ0v) is 25.9. The van der Waals surface area contributed by atoms with Crippen molar-refractivity contribution in [1.82, 2.24) is 24.1 Å². The van der Waals surface area contributed by atoms with Gasteiger partial charge in [0.1, 0.15) is 11.5 Å². The summed E-state index contributed by atoms with van der Waals surface area (Å²) in [5, 5.41) is 0. The second kappa shape index (κ2) is 12.8. The minimum Gasteiger partial charge on any atom is -0.371 e. The first-order valence-electron chi connectivity index (χ1n) is 15.2. The van der Waals surface area contributed by atoms with Crippen LogP contribution in [0.2, 0.25) is 0 Å². The van der Waals surface area contributed by atoms with Crippen LogP contribution in [-0.2, 0) is 16.4 Å². The van der Waals surface area contributed by atoms with Gasteiger partial charge in [0, 0.05) is 62.3 Å². The fraction of sp³-hybridized carbons (Fsp3) is 0.645. The molecule has 10 heteroatoms. The lowest BCUT2D eigenvalue weighted by molar-refractivity contribution is 0.0542. The Morgan fingerprint density at radius 2 is 1.63 bits per heavy atom. The largest absolute Gasteiger partial charge is 0.371 e. The highest BCUT2D eigenvalue weighted by atomic mass is 32.2. The first kappa shape index (κ1) is 29.9. The molecule has 1 aromatic carbocycles. The molecular formula is C31H46N6O3S. The van der Waals surface area contributed by atoms with Crippen LogP contribution < -0.4 is 4.90 Å². The number of nitrogens with zero attached hydrogens (tertiary/aromatic N) is 6. The molecule has 9 nitrogen and oxygen atoms in total. The summed E-state index contributed by atoms with van der Waals surface area (Å²) >= 11 is 0. The lowest BCUT2D eigenvalue weighted by Crippen LogP contribution is -2.52. The number of hydrogen-bond acceptors (Lipinski definition) is 7. The fourth-order valence-electron chi connectivity index (χ4n) is 6.89. The zero-order chi connectivity index (χ0) is 29.1. The van der Waals surface area contributed by atoms with Crippen LogP contribution in [0.15, 0.2) is 30.3 Å². The second-order valence-electron chi connectivity index (χ2n) is 12.2. The molecule has 5 rings (SSSR count). The van der Waals surface area contributed by atoms with E-state index in [0.717, 1.165) is 89.1 Å². The third-order valence-corrected chi connectivity index (χ3v) is 10.9. The average molecular weight is 583 g/mol. The van der Waals surface area contributed by atoms with E-state index in [1.165, 1.54) is 22.7 Å². The van der Waals surface area contributed by atoms with Crippen LogP contribution in [0.1, 0.15) is 66.1 Å². The highest BCUT2D eigenvalue weighted by molar-refractivity contribution is 7.88. The van der Waals surface area contributed by atoms with Crippen molar-refractivity contribution in [2.45, 2.75) is 70.9 Å². The number of amides is 1. The smallest absolute Gasteiger partial charge is 0.272 e. The van der Waals surface area contributed by atoms with Gasteiger partial charge in [-0.2, -0.15) is 0 Å². The first-order chi connectivity index (χ1) is 19.6. The van der Waals surface area contributed by atoms with E-state index in [-0.39, 0.29) is 11.9 Å². The van der Waals surface area contributed by atoms with E-state index >= 15 is 0 Å². The Morgan fingerprint density at radius 3 is 2.29 bits per heavy atom. The van der Waals surface area contributed by atoms with Gasteiger partial charge in [0.25, 0.3) is 5.91 Å². The number of likely N-dealkylation sites (tertiary alicyclic amines) is 2. The molecule has 1 amide bonds. The monoisotopic (exact) mass is 582 g/mol. The maximum absolute atomic E-state index is 13.6. The Morgan fingerprint density at radius 1 is 0.951 bits per heavy atom. The summed E-state index contributed by atoms with van der Waals surface area (Å²) in [6.07, 6.45) is 8.00. The van der Waals surface area contributed by atoms with Crippen LogP contribution >= 0.6 is 0 Å². The van der Waals surface area contributed by atoms with Crippen molar-refractivity contribution < 1.29 is 13.2 Å². The number of benzene rings is 1. The van der Waals surface area contributed by atoms with Gasteiger partial charge in [0.2, 0.25) is 10.0 Å². The summed E-state index contributed by atoms with van der Waals surface area (Å²) in [5.74, 6) is 1.32. The number of hydrogen-bond donors (Lipinski definition) is 0. The number of aryl methyl sites for hydroxylation is 2. The van der Waals surface area contributed by atoms with E-state index in [1.807, 2.05) is 18.7 Å². The molecule has 3 aliphatic rings. The van der Waals surface area contributed by atoms with E-state index in [0.29, 0.717) is 23.5 Å². The van der Waals surface area contributed by atoms with Crippen LogP contribution in [0.4, 0.5) is 5.69 Å². The summed E-state index contributed by atoms with van der Waals surface area (Å²) < 4.78 is 25.4. The molecule has 0 N–H and O–H groups in total. The van der Waals surface area contributed by atoms with Gasteiger partial charge in [0.15, 0.2) is 0 Å². The highest BCUT2D eigenvalue weighted by Gasteiger charge is 2.33. The van der Waals surface area contributed by atoms with Crippen molar-refractivity contribution in [3.8, 4) is 0 Å². The molecule has 3 aliphatic heterocycles. The van der Waals surface area contributed by atoms with Crippen LogP contribution in [0.3, 0.4) is 0 Å². The Kier molecular flexibility index (Phi) is 9.30.